The Hall–Kier alpha value is -1.75. The van der Waals surface area contributed by atoms with Crippen LogP contribution >= 0.6 is 11.6 Å². The highest BCUT2D eigenvalue weighted by molar-refractivity contribution is 6.29. The van der Waals surface area contributed by atoms with E-state index in [1.807, 2.05) is 6.92 Å². The van der Waals surface area contributed by atoms with Crippen LogP contribution in [0.2, 0.25) is 5.15 Å². The number of hydrogen-bond donors (Lipinski definition) is 2. The number of carbonyl (C=O) groups is 1. The van der Waals surface area contributed by atoms with Crippen LogP contribution in [0.25, 0.3) is 6.08 Å². The van der Waals surface area contributed by atoms with Crippen molar-refractivity contribution < 1.29 is 9.53 Å². The molecule has 2 N–H and O–H groups in total. The number of rotatable bonds is 2. The fourth-order valence-electron chi connectivity index (χ4n) is 1.32. The number of amides is 1. The molecule has 1 aliphatic heterocycles. The standard InChI is InChI=1S/C10H10ClN3O2/c1-2-16-10-7(9(15)13-14-10)5-6-3-4-8(11)12-6/h3-5,12H,2H2,1H3,(H,13,15)/b7-5-. The average molecular weight is 240 g/mol. The first-order chi connectivity index (χ1) is 7.70. The number of halogens is 1. The lowest BCUT2D eigenvalue weighted by Gasteiger charge is -2.00. The summed E-state index contributed by atoms with van der Waals surface area (Å²) in [6.45, 7) is 2.28. The van der Waals surface area contributed by atoms with Crippen molar-refractivity contribution in [1.29, 1.82) is 0 Å². The van der Waals surface area contributed by atoms with Crippen LogP contribution in [0.4, 0.5) is 0 Å². The van der Waals surface area contributed by atoms with Gasteiger partial charge in [-0.05, 0) is 25.1 Å². The molecule has 0 saturated heterocycles. The van der Waals surface area contributed by atoms with Crippen LogP contribution in [0.15, 0.2) is 22.8 Å². The van der Waals surface area contributed by atoms with Gasteiger partial charge >= 0.3 is 0 Å². The number of carbonyl (C=O) groups excluding carboxylic acids is 1. The van der Waals surface area contributed by atoms with Gasteiger partial charge in [0.2, 0.25) is 5.90 Å². The molecule has 0 unspecified atom stereocenters. The Balaban J connectivity index is 2.27. The lowest BCUT2D eigenvalue weighted by molar-refractivity contribution is -0.116. The van der Waals surface area contributed by atoms with E-state index < -0.39 is 0 Å². The van der Waals surface area contributed by atoms with Gasteiger partial charge in [-0.3, -0.25) is 4.79 Å². The predicted molar refractivity (Wildman–Crippen MR) is 61.0 cm³/mol. The van der Waals surface area contributed by atoms with Gasteiger partial charge in [0.1, 0.15) is 10.7 Å². The Bertz CT molecular complexity index is 476. The second-order valence-corrected chi connectivity index (χ2v) is 3.52. The minimum Gasteiger partial charge on any atom is -0.476 e. The minimum absolute atomic E-state index is 0.283. The van der Waals surface area contributed by atoms with Crippen LogP contribution in [0.3, 0.4) is 0 Å². The van der Waals surface area contributed by atoms with Crippen molar-refractivity contribution in [3.8, 4) is 0 Å². The van der Waals surface area contributed by atoms with Crippen LogP contribution in [0, 0.1) is 0 Å². The highest BCUT2D eigenvalue weighted by Gasteiger charge is 2.23. The van der Waals surface area contributed by atoms with E-state index in [-0.39, 0.29) is 5.91 Å². The summed E-state index contributed by atoms with van der Waals surface area (Å²) < 4.78 is 5.22. The summed E-state index contributed by atoms with van der Waals surface area (Å²) in [6.07, 6.45) is 1.64. The van der Waals surface area contributed by atoms with Crippen LogP contribution in [0.1, 0.15) is 12.6 Å². The largest absolute Gasteiger partial charge is 0.476 e. The lowest BCUT2D eigenvalue weighted by Crippen LogP contribution is -2.14. The molecule has 0 radical (unpaired) electrons. The van der Waals surface area contributed by atoms with Gasteiger partial charge in [-0.1, -0.05) is 11.6 Å². The van der Waals surface area contributed by atoms with E-state index in [2.05, 4.69) is 15.5 Å². The first-order valence-corrected chi connectivity index (χ1v) is 5.16. The van der Waals surface area contributed by atoms with Crippen molar-refractivity contribution in [1.82, 2.24) is 10.4 Å². The number of aromatic nitrogens is 1. The molecule has 5 nitrogen and oxygen atoms in total. The molecule has 0 spiro atoms. The topological polar surface area (TPSA) is 66.5 Å². The number of nitrogens with zero attached hydrogens (tertiary/aromatic N) is 1. The van der Waals surface area contributed by atoms with Gasteiger partial charge in [0, 0.05) is 5.69 Å². The average Bonchev–Trinajstić information content (AvgIpc) is 2.79. The molecule has 2 heterocycles. The van der Waals surface area contributed by atoms with Crippen LogP contribution in [-0.2, 0) is 9.53 Å². The zero-order chi connectivity index (χ0) is 11.5. The summed E-state index contributed by atoms with van der Waals surface area (Å²) in [4.78, 5) is 14.3. The molecular formula is C10H10ClN3O2. The van der Waals surface area contributed by atoms with E-state index in [0.717, 1.165) is 5.69 Å². The molecule has 0 bridgehead atoms. The molecule has 2 rings (SSSR count). The van der Waals surface area contributed by atoms with E-state index in [4.69, 9.17) is 16.3 Å². The Kier molecular flexibility index (Phi) is 2.96. The fourth-order valence-corrected chi connectivity index (χ4v) is 1.49. The third-order valence-corrected chi connectivity index (χ3v) is 2.21. The molecule has 0 saturated carbocycles. The van der Waals surface area contributed by atoms with E-state index in [9.17, 15) is 4.79 Å². The van der Waals surface area contributed by atoms with Gasteiger partial charge < -0.3 is 9.72 Å². The molecular weight excluding hydrogens is 230 g/mol. The van der Waals surface area contributed by atoms with Crippen molar-refractivity contribution in [2.45, 2.75) is 6.92 Å². The predicted octanol–water partition coefficient (Wildman–Crippen LogP) is 1.53. The summed E-state index contributed by atoms with van der Waals surface area (Å²) in [5.41, 5.74) is 3.46. The monoisotopic (exact) mass is 239 g/mol. The maximum Gasteiger partial charge on any atom is 0.277 e. The summed E-state index contributed by atoms with van der Waals surface area (Å²) in [7, 11) is 0. The third-order valence-electron chi connectivity index (χ3n) is 1.99. The Morgan fingerprint density at radius 3 is 3.00 bits per heavy atom. The minimum atomic E-state index is -0.283. The van der Waals surface area contributed by atoms with Gasteiger partial charge in [0.15, 0.2) is 0 Å². The molecule has 1 aliphatic rings. The fraction of sp³-hybridized carbons (Fsp3) is 0.200. The van der Waals surface area contributed by atoms with Gasteiger partial charge in [0.05, 0.1) is 6.61 Å². The first-order valence-electron chi connectivity index (χ1n) is 4.78. The van der Waals surface area contributed by atoms with Gasteiger partial charge in [-0.15, -0.1) is 5.10 Å². The molecule has 1 amide bonds. The Labute approximate surface area is 97.1 Å². The number of nitrogens with one attached hydrogen (secondary N) is 2. The van der Waals surface area contributed by atoms with Gasteiger partial charge in [-0.2, -0.15) is 0 Å². The maximum absolute atomic E-state index is 11.4. The van der Waals surface area contributed by atoms with Crippen molar-refractivity contribution in [2.75, 3.05) is 6.61 Å². The number of H-pyrrole nitrogens is 1. The summed E-state index contributed by atoms with van der Waals surface area (Å²) in [5, 5.41) is 4.28. The van der Waals surface area contributed by atoms with E-state index in [0.29, 0.717) is 23.2 Å². The zero-order valence-corrected chi connectivity index (χ0v) is 9.34. The molecule has 0 fully saturated rings. The SMILES string of the molecule is CCOC1=NNC(=O)/C1=C/c1ccc(Cl)[nH]1. The normalized spacial score (nSPS) is 17.5. The van der Waals surface area contributed by atoms with E-state index in [1.54, 1.807) is 18.2 Å². The molecule has 1 aromatic heterocycles. The maximum atomic E-state index is 11.4. The summed E-state index contributed by atoms with van der Waals surface area (Å²) in [6, 6.07) is 3.47. The van der Waals surface area contributed by atoms with Crippen molar-refractivity contribution in [3.63, 3.8) is 0 Å². The van der Waals surface area contributed by atoms with Gasteiger partial charge in [0.25, 0.3) is 5.91 Å². The molecule has 16 heavy (non-hydrogen) atoms. The van der Waals surface area contributed by atoms with Crippen molar-refractivity contribution in [3.05, 3.63) is 28.6 Å². The second kappa shape index (κ2) is 4.40. The van der Waals surface area contributed by atoms with Crippen molar-refractivity contribution >= 4 is 29.5 Å². The van der Waals surface area contributed by atoms with Crippen LogP contribution in [0.5, 0.6) is 0 Å². The van der Waals surface area contributed by atoms with E-state index in [1.165, 1.54) is 0 Å². The third kappa shape index (κ3) is 2.09. The number of hydrazone groups is 1. The second-order valence-electron chi connectivity index (χ2n) is 3.11. The molecule has 0 aromatic carbocycles. The summed E-state index contributed by atoms with van der Waals surface area (Å²) in [5.74, 6) is 0.0207. The smallest absolute Gasteiger partial charge is 0.277 e. The van der Waals surface area contributed by atoms with Crippen molar-refractivity contribution in [2.24, 2.45) is 5.10 Å². The molecule has 0 atom stereocenters. The quantitative estimate of drug-likeness (QED) is 0.769. The first kappa shape index (κ1) is 10.8. The summed E-state index contributed by atoms with van der Waals surface area (Å²) >= 11 is 5.73. The lowest BCUT2D eigenvalue weighted by atomic mass is 10.2. The Morgan fingerprint density at radius 2 is 2.38 bits per heavy atom. The number of aromatic amines is 1. The van der Waals surface area contributed by atoms with Crippen LogP contribution in [-0.4, -0.2) is 23.4 Å². The van der Waals surface area contributed by atoms with E-state index >= 15 is 0 Å². The Morgan fingerprint density at radius 1 is 1.56 bits per heavy atom. The molecule has 84 valence electrons. The van der Waals surface area contributed by atoms with Gasteiger partial charge in [-0.25, -0.2) is 5.43 Å². The zero-order valence-electron chi connectivity index (χ0n) is 8.58. The number of ether oxygens (including phenoxy) is 1. The highest BCUT2D eigenvalue weighted by Crippen LogP contribution is 2.14. The highest BCUT2D eigenvalue weighted by atomic mass is 35.5. The molecule has 0 aliphatic carbocycles. The number of hydrogen-bond acceptors (Lipinski definition) is 3. The van der Waals surface area contributed by atoms with Crippen LogP contribution < -0.4 is 5.43 Å². The molecule has 1 aromatic rings. The molecule has 6 heteroatoms.